The molecule has 17 heavy (non-hydrogen) atoms. The van der Waals surface area contributed by atoms with Crippen molar-refractivity contribution in [2.75, 3.05) is 13.1 Å². The highest BCUT2D eigenvalue weighted by molar-refractivity contribution is 5.17. The average Bonchev–Trinajstić information content (AvgIpc) is 2.77. The van der Waals surface area contributed by atoms with E-state index in [1.165, 1.54) is 24.8 Å². The maximum absolute atomic E-state index is 12.8. The van der Waals surface area contributed by atoms with Crippen LogP contribution in [0.4, 0.5) is 4.39 Å². The fourth-order valence-electron chi connectivity index (χ4n) is 2.90. The zero-order chi connectivity index (χ0) is 12.1. The van der Waals surface area contributed by atoms with Crippen LogP contribution in [0.1, 0.15) is 31.7 Å². The lowest BCUT2D eigenvalue weighted by Crippen LogP contribution is -2.25. The highest BCUT2D eigenvalue weighted by Gasteiger charge is 2.26. The third-order valence-electron chi connectivity index (χ3n) is 3.88. The predicted molar refractivity (Wildman–Crippen MR) is 69.5 cm³/mol. The van der Waals surface area contributed by atoms with Gasteiger partial charge in [-0.25, -0.2) is 4.39 Å². The molecule has 1 aromatic carbocycles. The second-order valence-electron chi connectivity index (χ2n) is 5.09. The Kier molecular flexibility index (Phi) is 4.55. The number of halogens is 1. The van der Waals surface area contributed by atoms with Gasteiger partial charge in [0.05, 0.1) is 0 Å². The van der Waals surface area contributed by atoms with Crippen molar-refractivity contribution in [1.82, 2.24) is 5.32 Å². The standard InChI is InChI=1S/C15H22FN/c1-2-17-11-14-5-3-4-13(14)10-12-6-8-15(16)9-7-12/h6-9,13-14,17H,2-5,10-11H2,1H3. The van der Waals surface area contributed by atoms with Crippen molar-refractivity contribution in [3.05, 3.63) is 35.6 Å². The molecular formula is C15H22FN. The summed E-state index contributed by atoms with van der Waals surface area (Å²) in [6.07, 6.45) is 5.13. The van der Waals surface area contributed by atoms with E-state index < -0.39 is 0 Å². The van der Waals surface area contributed by atoms with Gasteiger partial charge in [-0.2, -0.15) is 0 Å². The van der Waals surface area contributed by atoms with E-state index in [0.717, 1.165) is 31.3 Å². The van der Waals surface area contributed by atoms with Crippen LogP contribution < -0.4 is 5.32 Å². The topological polar surface area (TPSA) is 12.0 Å². The van der Waals surface area contributed by atoms with E-state index in [1.807, 2.05) is 12.1 Å². The molecule has 94 valence electrons. The summed E-state index contributed by atoms with van der Waals surface area (Å²) >= 11 is 0. The van der Waals surface area contributed by atoms with Gasteiger partial charge in [0.1, 0.15) is 5.82 Å². The zero-order valence-corrected chi connectivity index (χ0v) is 10.6. The SMILES string of the molecule is CCNCC1CCCC1Cc1ccc(F)cc1. The van der Waals surface area contributed by atoms with Gasteiger partial charge in [-0.15, -0.1) is 0 Å². The van der Waals surface area contributed by atoms with E-state index in [4.69, 9.17) is 0 Å². The molecule has 0 aliphatic heterocycles. The van der Waals surface area contributed by atoms with Crippen molar-refractivity contribution in [2.24, 2.45) is 11.8 Å². The molecule has 1 saturated carbocycles. The van der Waals surface area contributed by atoms with Crippen LogP contribution in [0.2, 0.25) is 0 Å². The Balaban J connectivity index is 1.90. The van der Waals surface area contributed by atoms with Gasteiger partial charge in [0, 0.05) is 0 Å². The number of rotatable bonds is 5. The first-order valence-electron chi connectivity index (χ1n) is 6.74. The highest BCUT2D eigenvalue weighted by Crippen LogP contribution is 2.33. The molecule has 1 fully saturated rings. The molecule has 2 heteroatoms. The predicted octanol–water partition coefficient (Wildman–Crippen LogP) is 3.39. The number of nitrogens with one attached hydrogen (secondary N) is 1. The number of hydrogen-bond acceptors (Lipinski definition) is 1. The van der Waals surface area contributed by atoms with Crippen molar-refractivity contribution in [1.29, 1.82) is 0 Å². The summed E-state index contributed by atoms with van der Waals surface area (Å²) in [5, 5.41) is 3.46. The molecule has 1 aliphatic carbocycles. The molecule has 1 N–H and O–H groups in total. The summed E-state index contributed by atoms with van der Waals surface area (Å²) in [7, 11) is 0. The summed E-state index contributed by atoms with van der Waals surface area (Å²) in [6, 6.07) is 7.00. The fourth-order valence-corrected chi connectivity index (χ4v) is 2.90. The molecule has 1 aromatic rings. The Morgan fingerprint density at radius 2 is 1.88 bits per heavy atom. The smallest absolute Gasteiger partial charge is 0.123 e. The second kappa shape index (κ2) is 6.15. The van der Waals surface area contributed by atoms with Crippen LogP contribution in [-0.2, 0) is 6.42 Å². The minimum atomic E-state index is -0.135. The van der Waals surface area contributed by atoms with Gasteiger partial charge >= 0.3 is 0 Å². The molecular weight excluding hydrogens is 213 g/mol. The summed E-state index contributed by atoms with van der Waals surface area (Å²) in [4.78, 5) is 0. The molecule has 0 heterocycles. The van der Waals surface area contributed by atoms with Crippen LogP contribution in [0.25, 0.3) is 0 Å². The van der Waals surface area contributed by atoms with Gasteiger partial charge in [-0.3, -0.25) is 0 Å². The zero-order valence-electron chi connectivity index (χ0n) is 10.6. The van der Waals surface area contributed by atoms with Gasteiger partial charge in [0.2, 0.25) is 0 Å². The van der Waals surface area contributed by atoms with Gasteiger partial charge in [0.15, 0.2) is 0 Å². The van der Waals surface area contributed by atoms with Crippen LogP contribution in [0, 0.1) is 17.7 Å². The Bertz CT molecular complexity index is 333. The average molecular weight is 235 g/mol. The Hall–Kier alpha value is -0.890. The molecule has 0 aromatic heterocycles. The molecule has 0 saturated heterocycles. The third kappa shape index (κ3) is 3.53. The summed E-state index contributed by atoms with van der Waals surface area (Å²) in [5.74, 6) is 1.45. The van der Waals surface area contributed by atoms with E-state index >= 15 is 0 Å². The summed E-state index contributed by atoms with van der Waals surface area (Å²) in [5.41, 5.74) is 1.28. The third-order valence-corrected chi connectivity index (χ3v) is 3.88. The van der Waals surface area contributed by atoms with Crippen molar-refractivity contribution >= 4 is 0 Å². The van der Waals surface area contributed by atoms with E-state index in [9.17, 15) is 4.39 Å². The molecule has 0 spiro atoms. The maximum Gasteiger partial charge on any atom is 0.123 e. The van der Waals surface area contributed by atoms with Gasteiger partial charge in [-0.1, -0.05) is 25.5 Å². The fraction of sp³-hybridized carbons (Fsp3) is 0.600. The summed E-state index contributed by atoms with van der Waals surface area (Å²) < 4.78 is 12.8. The largest absolute Gasteiger partial charge is 0.317 e. The molecule has 0 bridgehead atoms. The first-order chi connectivity index (χ1) is 8.29. The van der Waals surface area contributed by atoms with Gasteiger partial charge < -0.3 is 5.32 Å². The normalized spacial score (nSPS) is 24.1. The minimum Gasteiger partial charge on any atom is -0.317 e. The minimum absolute atomic E-state index is 0.135. The van der Waals surface area contributed by atoms with E-state index in [2.05, 4.69) is 12.2 Å². The molecule has 2 atom stereocenters. The van der Waals surface area contributed by atoms with E-state index in [1.54, 1.807) is 12.1 Å². The first kappa shape index (κ1) is 12.6. The van der Waals surface area contributed by atoms with Crippen molar-refractivity contribution in [3.8, 4) is 0 Å². The van der Waals surface area contributed by atoms with Crippen LogP contribution >= 0.6 is 0 Å². The lowest BCUT2D eigenvalue weighted by Gasteiger charge is -2.19. The Morgan fingerprint density at radius 3 is 2.59 bits per heavy atom. The Morgan fingerprint density at radius 1 is 1.18 bits per heavy atom. The molecule has 2 rings (SSSR count). The molecule has 0 amide bonds. The van der Waals surface area contributed by atoms with Crippen LogP contribution in [0.3, 0.4) is 0 Å². The van der Waals surface area contributed by atoms with E-state index in [-0.39, 0.29) is 5.82 Å². The first-order valence-corrected chi connectivity index (χ1v) is 6.74. The maximum atomic E-state index is 12.8. The lowest BCUT2D eigenvalue weighted by molar-refractivity contribution is 0.368. The number of hydrogen-bond donors (Lipinski definition) is 1. The van der Waals surface area contributed by atoms with E-state index in [0.29, 0.717) is 0 Å². The van der Waals surface area contributed by atoms with Crippen LogP contribution in [0.15, 0.2) is 24.3 Å². The van der Waals surface area contributed by atoms with Crippen LogP contribution in [0.5, 0.6) is 0 Å². The van der Waals surface area contributed by atoms with Gasteiger partial charge in [0.25, 0.3) is 0 Å². The van der Waals surface area contributed by atoms with Crippen molar-refractivity contribution in [2.45, 2.75) is 32.6 Å². The van der Waals surface area contributed by atoms with Gasteiger partial charge in [-0.05, 0) is 61.9 Å². The highest BCUT2D eigenvalue weighted by atomic mass is 19.1. The second-order valence-corrected chi connectivity index (χ2v) is 5.09. The summed E-state index contributed by atoms with van der Waals surface area (Å²) in [6.45, 7) is 4.35. The quantitative estimate of drug-likeness (QED) is 0.825. The molecule has 1 aliphatic rings. The monoisotopic (exact) mass is 235 g/mol. The lowest BCUT2D eigenvalue weighted by atomic mass is 9.89. The molecule has 0 radical (unpaired) electrons. The van der Waals surface area contributed by atoms with Crippen molar-refractivity contribution in [3.63, 3.8) is 0 Å². The Labute approximate surface area is 103 Å². The molecule has 1 nitrogen and oxygen atoms in total. The molecule has 2 unspecified atom stereocenters. The van der Waals surface area contributed by atoms with Crippen LogP contribution in [-0.4, -0.2) is 13.1 Å². The van der Waals surface area contributed by atoms with Crippen molar-refractivity contribution < 1.29 is 4.39 Å². The number of benzene rings is 1.